The van der Waals surface area contributed by atoms with Crippen LogP contribution in [0.1, 0.15) is 40.5 Å². The van der Waals surface area contributed by atoms with Crippen LogP contribution in [0.25, 0.3) is 0 Å². The van der Waals surface area contributed by atoms with Gasteiger partial charge in [0.2, 0.25) is 5.91 Å². The van der Waals surface area contributed by atoms with Gasteiger partial charge in [-0.25, -0.2) is 0 Å². The average molecular weight is 227 g/mol. The van der Waals surface area contributed by atoms with Crippen LogP contribution in [0.5, 0.6) is 0 Å². The van der Waals surface area contributed by atoms with Crippen LogP contribution >= 0.6 is 0 Å². The molecule has 92 valence electrons. The highest BCUT2D eigenvalue weighted by Crippen LogP contribution is 2.32. The number of nitrogens with one attached hydrogen (secondary N) is 1. The molecule has 1 rings (SSSR count). The van der Waals surface area contributed by atoms with Gasteiger partial charge >= 0.3 is 5.97 Å². The highest BCUT2D eigenvalue weighted by atomic mass is 16.6. The topological polar surface area (TPSA) is 55.4 Å². The molecule has 0 unspecified atom stereocenters. The fourth-order valence-corrected chi connectivity index (χ4v) is 1.83. The predicted octanol–water partition coefficient (Wildman–Crippen LogP) is 1.49. The normalized spacial score (nSPS) is 23.3. The number of carbonyl (C=O) groups is 2. The Morgan fingerprint density at radius 2 is 2.19 bits per heavy atom. The maximum absolute atomic E-state index is 11.8. The Morgan fingerprint density at radius 1 is 1.56 bits per heavy atom. The van der Waals surface area contributed by atoms with Crippen LogP contribution in [0, 0.1) is 11.8 Å². The third-order valence-electron chi connectivity index (χ3n) is 2.92. The minimum atomic E-state index is -0.668. The van der Waals surface area contributed by atoms with Crippen molar-refractivity contribution in [2.45, 2.75) is 46.1 Å². The first-order chi connectivity index (χ1) is 7.33. The van der Waals surface area contributed by atoms with Crippen molar-refractivity contribution >= 4 is 11.9 Å². The minimum absolute atomic E-state index is 0.0727. The van der Waals surface area contributed by atoms with E-state index in [-0.39, 0.29) is 24.2 Å². The van der Waals surface area contributed by atoms with Gasteiger partial charge in [-0.15, -0.1) is 0 Å². The summed E-state index contributed by atoms with van der Waals surface area (Å²) in [7, 11) is 0. The van der Waals surface area contributed by atoms with Crippen LogP contribution in [-0.2, 0) is 14.3 Å². The Bertz CT molecular complexity index is 284. The average Bonchev–Trinajstić information content (AvgIpc) is 2.38. The van der Waals surface area contributed by atoms with E-state index in [4.69, 9.17) is 4.74 Å². The third kappa shape index (κ3) is 3.22. The fourth-order valence-electron chi connectivity index (χ4n) is 1.83. The summed E-state index contributed by atoms with van der Waals surface area (Å²) in [6.45, 7) is 8.45. The van der Waals surface area contributed by atoms with Gasteiger partial charge in [-0.3, -0.25) is 9.59 Å². The Labute approximate surface area is 96.7 Å². The van der Waals surface area contributed by atoms with Gasteiger partial charge in [0.25, 0.3) is 0 Å². The summed E-state index contributed by atoms with van der Waals surface area (Å²) in [5, 5.41) is 2.86. The highest BCUT2D eigenvalue weighted by molar-refractivity contribution is 5.87. The summed E-state index contributed by atoms with van der Waals surface area (Å²) < 4.78 is 5.11. The van der Waals surface area contributed by atoms with Crippen LogP contribution < -0.4 is 5.32 Å². The van der Waals surface area contributed by atoms with Crippen LogP contribution in [0.3, 0.4) is 0 Å². The molecule has 0 aliphatic carbocycles. The second-order valence-corrected chi connectivity index (χ2v) is 5.31. The van der Waals surface area contributed by atoms with Crippen molar-refractivity contribution in [1.82, 2.24) is 5.32 Å². The van der Waals surface area contributed by atoms with Crippen LogP contribution in [0.2, 0.25) is 0 Å². The van der Waals surface area contributed by atoms with Gasteiger partial charge in [-0.1, -0.05) is 13.8 Å². The molecule has 16 heavy (non-hydrogen) atoms. The molecule has 0 radical (unpaired) electrons. The molecule has 1 amide bonds. The van der Waals surface area contributed by atoms with Crippen molar-refractivity contribution in [3.05, 3.63) is 0 Å². The van der Waals surface area contributed by atoms with Crippen LogP contribution in [0.4, 0.5) is 0 Å². The zero-order chi connectivity index (χ0) is 12.3. The van der Waals surface area contributed by atoms with E-state index >= 15 is 0 Å². The Hall–Kier alpha value is -1.06. The molecule has 4 nitrogen and oxygen atoms in total. The van der Waals surface area contributed by atoms with E-state index in [1.165, 1.54) is 0 Å². The number of esters is 1. The van der Waals surface area contributed by atoms with Crippen molar-refractivity contribution in [1.29, 1.82) is 0 Å². The van der Waals surface area contributed by atoms with E-state index in [2.05, 4.69) is 19.2 Å². The van der Waals surface area contributed by atoms with Crippen molar-refractivity contribution < 1.29 is 14.3 Å². The van der Waals surface area contributed by atoms with Crippen molar-refractivity contribution in [3.8, 4) is 0 Å². The summed E-state index contributed by atoms with van der Waals surface area (Å²) in [5.74, 6) is -0.146. The van der Waals surface area contributed by atoms with E-state index in [0.717, 1.165) is 6.42 Å². The summed E-state index contributed by atoms with van der Waals surface area (Å²) in [6.07, 6.45) is 1.15. The molecular formula is C12H21NO3. The van der Waals surface area contributed by atoms with E-state index in [9.17, 15) is 9.59 Å². The first-order valence-corrected chi connectivity index (χ1v) is 5.82. The molecule has 0 aromatic rings. The summed E-state index contributed by atoms with van der Waals surface area (Å²) in [6, 6.07) is 0. The molecule has 0 bridgehead atoms. The first kappa shape index (κ1) is 13.0. The molecule has 0 spiro atoms. The smallest absolute Gasteiger partial charge is 0.307 e. The molecule has 1 heterocycles. The molecule has 0 aromatic heterocycles. The van der Waals surface area contributed by atoms with E-state index in [1.54, 1.807) is 13.8 Å². The molecule has 1 saturated heterocycles. The van der Waals surface area contributed by atoms with E-state index in [0.29, 0.717) is 12.5 Å². The highest BCUT2D eigenvalue weighted by Gasteiger charge is 2.45. The van der Waals surface area contributed by atoms with Gasteiger partial charge in [-0.05, 0) is 26.2 Å². The lowest BCUT2D eigenvalue weighted by Crippen LogP contribution is -2.40. The van der Waals surface area contributed by atoms with Gasteiger partial charge < -0.3 is 10.1 Å². The summed E-state index contributed by atoms with van der Waals surface area (Å²) in [4.78, 5) is 23.0. The number of rotatable bonds is 4. The Kier molecular flexibility index (Phi) is 3.94. The lowest BCUT2D eigenvalue weighted by molar-refractivity contribution is -0.147. The molecule has 0 aromatic carbocycles. The zero-order valence-electron chi connectivity index (χ0n) is 10.5. The molecule has 1 fully saturated rings. The molecule has 0 saturated carbocycles. The van der Waals surface area contributed by atoms with Crippen molar-refractivity contribution in [3.63, 3.8) is 0 Å². The molecule has 1 atom stereocenters. The third-order valence-corrected chi connectivity index (χ3v) is 2.92. The number of hydrogen-bond acceptors (Lipinski definition) is 3. The SMILES string of the molecule is CC(C)CCNC(=O)[C@@H]1CC(=O)OC1(C)C. The number of cyclic esters (lactones) is 1. The molecule has 1 N–H and O–H groups in total. The predicted molar refractivity (Wildman–Crippen MR) is 60.7 cm³/mol. The van der Waals surface area contributed by atoms with Gasteiger partial charge in [0, 0.05) is 6.54 Å². The molecule has 1 aliphatic rings. The van der Waals surface area contributed by atoms with Crippen molar-refractivity contribution in [2.24, 2.45) is 11.8 Å². The molecule has 1 aliphatic heterocycles. The second kappa shape index (κ2) is 4.85. The monoisotopic (exact) mass is 227 g/mol. The first-order valence-electron chi connectivity index (χ1n) is 5.82. The zero-order valence-corrected chi connectivity index (χ0v) is 10.5. The number of carbonyl (C=O) groups excluding carboxylic acids is 2. The molecule has 4 heteroatoms. The van der Waals surface area contributed by atoms with Gasteiger partial charge in [0.15, 0.2) is 0 Å². The van der Waals surface area contributed by atoms with Crippen LogP contribution in [-0.4, -0.2) is 24.0 Å². The largest absolute Gasteiger partial charge is 0.459 e. The quantitative estimate of drug-likeness (QED) is 0.740. The summed E-state index contributed by atoms with van der Waals surface area (Å²) >= 11 is 0. The fraction of sp³-hybridized carbons (Fsp3) is 0.833. The van der Waals surface area contributed by atoms with Gasteiger partial charge in [0.05, 0.1) is 12.3 Å². The van der Waals surface area contributed by atoms with Crippen LogP contribution in [0.15, 0.2) is 0 Å². The Balaban J connectivity index is 2.45. The van der Waals surface area contributed by atoms with E-state index in [1.807, 2.05) is 0 Å². The minimum Gasteiger partial charge on any atom is -0.459 e. The standard InChI is InChI=1S/C12H21NO3/c1-8(2)5-6-13-11(15)9-7-10(14)16-12(9,3)4/h8-9H,5-7H2,1-4H3,(H,13,15)/t9-/m0/s1. The lowest BCUT2D eigenvalue weighted by atomic mass is 9.90. The maximum atomic E-state index is 11.8. The van der Waals surface area contributed by atoms with Gasteiger partial charge in [-0.2, -0.15) is 0 Å². The Morgan fingerprint density at radius 3 is 2.62 bits per heavy atom. The van der Waals surface area contributed by atoms with Gasteiger partial charge in [0.1, 0.15) is 5.60 Å². The lowest BCUT2D eigenvalue weighted by Gasteiger charge is -2.23. The summed E-state index contributed by atoms with van der Waals surface area (Å²) in [5.41, 5.74) is -0.668. The number of amides is 1. The second-order valence-electron chi connectivity index (χ2n) is 5.31. The molecular weight excluding hydrogens is 206 g/mol. The number of ether oxygens (including phenoxy) is 1. The van der Waals surface area contributed by atoms with Crippen molar-refractivity contribution in [2.75, 3.05) is 6.54 Å². The maximum Gasteiger partial charge on any atom is 0.307 e. The number of hydrogen-bond donors (Lipinski definition) is 1. The van der Waals surface area contributed by atoms with E-state index < -0.39 is 5.60 Å².